The summed E-state index contributed by atoms with van der Waals surface area (Å²) in [5.41, 5.74) is 0. The van der Waals surface area contributed by atoms with E-state index < -0.39 is 59.8 Å². The standard InChI is InChI=1S/C50H96O12S/c1-3-5-7-9-11-13-15-17-19-21-22-23-25-27-29-31-33-35-37-39-46(52)60-44(43-59-50-48(54)49(62-63(55,56)57)47(53)45(41-51)61-50)42-58-40-38-36-34-32-30-28-26-24-20-18-16-14-12-10-8-6-4-2/h20,24,44-45,47-51,53-54H,3-19,21-23,25-43H2,1-2H3,(H,55,56,57)/b24-20-. The highest BCUT2D eigenvalue weighted by Crippen LogP contribution is 2.26. The van der Waals surface area contributed by atoms with Gasteiger partial charge in [0.05, 0.1) is 19.8 Å². The molecule has 0 aromatic rings. The molecule has 0 saturated carbocycles. The fourth-order valence-corrected chi connectivity index (χ4v) is 8.71. The van der Waals surface area contributed by atoms with Gasteiger partial charge >= 0.3 is 16.4 Å². The summed E-state index contributed by atoms with van der Waals surface area (Å²) in [6.45, 7) is 4.02. The van der Waals surface area contributed by atoms with Crippen molar-refractivity contribution in [3.8, 4) is 0 Å². The molecular formula is C50H96O12S. The van der Waals surface area contributed by atoms with E-state index in [1.54, 1.807) is 0 Å². The van der Waals surface area contributed by atoms with Gasteiger partial charge in [-0.3, -0.25) is 9.35 Å². The average Bonchev–Trinajstić information content (AvgIpc) is 3.26. The van der Waals surface area contributed by atoms with Gasteiger partial charge in [-0.05, 0) is 38.5 Å². The minimum atomic E-state index is -5.06. The Bertz CT molecular complexity index is 1150. The number of hydrogen-bond donors (Lipinski definition) is 4. The van der Waals surface area contributed by atoms with Gasteiger partial charge in [0, 0.05) is 13.0 Å². The van der Waals surface area contributed by atoms with Crippen LogP contribution in [0.2, 0.25) is 0 Å². The van der Waals surface area contributed by atoms with Crippen molar-refractivity contribution in [1.82, 2.24) is 0 Å². The lowest BCUT2D eigenvalue weighted by Crippen LogP contribution is -2.60. The van der Waals surface area contributed by atoms with Gasteiger partial charge in [0.1, 0.15) is 30.5 Å². The van der Waals surface area contributed by atoms with Crippen LogP contribution in [0, 0.1) is 0 Å². The zero-order chi connectivity index (χ0) is 46.1. The van der Waals surface area contributed by atoms with Crippen LogP contribution in [0.3, 0.4) is 0 Å². The second kappa shape index (κ2) is 42.2. The Hall–Kier alpha value is -1.16. The summed E-state index contributed by atoms with van der Waals surface area (Å²) in [5.74, 6) is -0.395. The molecule has 0 bridgehead atoms. The largest absolute Gasteiger partial charge is 0.457 e. The third-order valence-electron chi connectivity index (χ3n) is 12.1. The van der Waals surface area contributed by atoms with E-state index in [9.17, 15) is 33.1 Å². The predicted molar refractivity (Wildman–Crippen MR) is 253 cm³/mol. The number of allylic oxidation sites excluding steroid dienone is 2. The first-order valence-corrected chi connectivity index (χ1v) is 27.3. The van der Waals surface area contributed by atoms with Crippen molar-refractivity contribution in [2.24, 2.45) is 0 Å². The number of aliphatic hydroxyl groups is 3. The molecule has 12 nitrogen and oxygen atoms in total. The predicted octanol–water partition coefficient (Wildman–Crippen LogP) is 11.8. The molecule has 1 aliphatic rings. The van der Waals surface area contributed by atoms with Gasteiger partial charge in [0.15, 0.2) is 6.29 Å². The molecule has 1 aliphatic heterocycles. The minimum Gasteiger partial charge on any atom is -0.457 e. The number of aliphatic hydroxyl groups excluding tert-OH is 3. The van der Waals surface area contributed by atoms with Crippen molar-refractivity contribution >= 4 is 16.4 Å². The van der Waals surface area contributed by atoms with E-state index in [1.807, 2.05) is 0 Å². The lowest BCUT2D eigenvalue weighted by Gasteiger charge is -2.41. The van der Waals surface area contributed by atoms with Crippen molar-refractivity contribution in [3.05, 3.63) is 12.2 Å². The maximum absolute atomic E-state index is 12.9. The highest BCUT2D eigenvalue weighted by atomic mass is 32.3. The number of unbranched alkanes of at least 4 members (excludes halogenated alkanes) is 31. The Balaban J connectivity index is 2.35. The van der Waals surface area contributed by atoms with Crippen molar-refractivity contribution in [1.29, 1.82) is 0 Å². The van der Waals surface area contributed by atoms with Crippen molar-refractivity contribution in [3.63, 3.8) is 0 Å². The van der Waals surface area contributed by atoms with Crippen molar-refractivity contribution < 1.29 is 56.2 Å². The molecular weight excluding hydrogens is 825 g/mol. The molecule has 0 aromatic carbocycles. The Morgan fingerprint density at radius 2 is 1.00 bits per heavy atom. The molecule has 0 aromatic heterocycles. The number of carbonyl (C=O) groups is 1. The summed E-state index contributed by atoms with van der Waals surface area (Å²) in [4.78, 5) is 12.9. The van der Waals surface area contributed by atoms with Crippen LogP contribution in [-0.2, 0) is 38.3 Å². The molecule has 0 spiro atoms. The van der Waals surface area contributed by atoms with E-state index in [2.05, 4.69) is 30.2 Å². The van der Waals surface area contributed by atoms with Gasteiger partial charge in [0.2, 0.25) is 0 Å². The summed E-state index contributed by atoms with van der Waals surface area (Å²) in [5, 5.41) is 30.7. The average molecular weight is 921 g/mol. The zero-order valence-electron chi connectivity index (χ0n) is 40.2. The van der Waals surface area contributed by atoms with Gasteiger partial charge in [-0.2, -0.15) is 8.42 Å². The van der Waals surface area contributed by atoms with Crippen LogP contribution in [0.4, 0.5) is 0 Å². The second-order valence-electron chi connectivity index (χ2n) is 18.1. The van der Waals surface area contributed by atoms with Gasteiger partial charge < -0.3 is 34.3 Å². The SMILES string of the molecule is CCCCCCCCC/C=C\CCCCCCCCOCC(COC1OC(CO)C(O)C(OS(=O)(=O)O)C1O)OC(=O)CCCCCCCCCCCCCCCCCCCCC. The molecule has 6 unspecified atom stereocenters. The number of ether oxygens (including phenoxy) is 4. The normalized spacial score (nSPS) is 19.9. The first kappa shape index (κ1) is 59.9. The molecule has 6 atom stereocenters. The van der Waals surface area contributed by atoms with Crippen LogP contribution in [-0.4, -0.2) is 97.5 Å². The quantitative estimate of drug-likeness (QED) is 0.0197. The fourth-order valence-electron chi connectivity index (χ4n) is 8.20. The fraction of sp³-hybridized carbons (Fsp3) is 0.940. The molecule has 1 saturated heterocycles. The van der Waals surface area contributed by atoms with Gasteiger partial charge in [-0.25, -0.2) is 4.18 Å². The Labute approximate surface area is 385 Å². The van der Waals surface area contributed by atoms with Crippen LogP contribution in [0.15, 0.2) is 12.2 Å². The maximum Gasteiger partial charge on any atom is 0.397 e. The molecule has 63 heavy (non-hydrogen) atoms. The minimum absolute atomic E-state index is 0.0376. The third-order valence-corrected chi connectivity index (χ3v) is 12.6. The van der Waals surface area contributed by atoms with E-state index in [-0.39, 0.29) is 19.6 Å². The highest BCUT2D eigenvalue weighted by molar-refractivity contribution is 7.80. The lowest BCUT2D eigenvalue weighted by molar-refractivity contribution is -0.301. The van der Waals surface area contributed by atoms with Gasteiger partial charge in [-0.1, -0.05) is 206 Å². The van der Waals surface area contributed by atoms with Crippen molar-refractivity contribution in [2.75, 3.05) is 26.4 Å². The van der Waals surface area contributed by atoms with Crippen molar-refractivity contribution in [2.45, 2.75) is 275 Å². The summed E-state index contributed by atoms with van der Waals surface area (Å²) in [6.07, 6.45) is 38.1. The number of esters is 1. The van der Waals surface area contributed by atoms with Crippen LogP contribution in [0.1, 0.15) is 239 Å². The van der Waals surface area contributed by atoms with Crippen LogP contribution in [0.5, 0.6) is 0 Å². The highest BCUT2D eigenvalue weighted by Gasteiger charge is 2.48. The molecule has 1 fully saturated rings. The monoisotopic (exact) mass is 921 g/mol. The molecule has 1 heterocycles. The number of carbonyl (C=O) groups excluding carboxylic acids is 1. The topological polar surface area (TPSA) is 178 Å². The van der Waals surface area contributed by atoms with Gasteiger partial charge in [0.25, 0.3) is 0 Å². The molecule has 13 heteroatoms. The Kier molecular flexibility index (Phi) is 40.1. The van der Waals surface area contributed by atoms with Crippen LogP contribution in [0.25, 0.3) is 0 Å². The van der Waals surface area contributed by atoms with E-state index in [4.69, 9.17) is 18.9 Å². The molecule has 374 valence electrons. The van der Waals surface area contributed by atoms with E-state index in [0.717, 1.165) is 44.9 Å². The Morgan fingerprint density at radius 3 is 1.43 bits per heavy atom. The van der Waals surface area contributed by atoms with Gasteiger partial charge in [-0.15, -0.1) is 0 Å². The second-order valence-corrected chi connectivity index (χ2v) is 19.2. The van der Waals surface area contributed by atoms with E-state index in [1.165, 1.54) is 167 Å². The zero-order valence-corrected chi connectivity index (χ0v) is 41.0. The summed E-state index contributed by atoms with van der Waals surface area (Å²) >= 11 is 0. The first-order chi connectivity index (χ1) is 30.6. The molecule has 1 rings (SSSR count). The summed E-state index contributed by atoms with van der Waals surface area (Å²) < 4.78 is 59.2. The lowest BCUT2D eigenvalue weighted by atomic mass is 9.99. The molecule has 0 aliphatic carbocycles. The van der Waals surface area contributed by atoms with Crippen LogP contribution >= 0.6 is 0 Å². The summed E-state index contributed by atoms with van der Waals surface area (Å²) in [7, 11) is -5.06. The number of rotatable bonds is 46. The molecule has 0 amide bonds. The Morgan fingerprint density at radius 1 is 0.587 bits per heavy atom. The maximum atomic E-state index is 12.9. The molecule has 0 radical (unpaired) electrons. The van der Waals surface area contributed by atoms with Crippen LogP contribution < -0.4 is 0 Å². The van der Waals surface area contributed by atoms with E-state index in [0.29, 0.717) is 13.0 Å². The summed E-state index contributed by atoms with van der Waals surface area (Å²) in [6, 6.07) is 0. The number of hydrogen-bond acceptors (Lipinski definition) is 11. The first-order valence-electron chi connectivity index (χ1n) is 25.9. The molecule has 4 N–H and O–H groups in total. The van der Waals surface area contributed by atoms with E-state index >= 15 is 0 Å². The smallest absolute Gasteiger partial charge is 0.397 e. The third kappa shape index (κ3) is 35.7.